The number of aryl methyl sites for hydroxylation is 1. The number of anilines is 1. The minimum Gasteiger partial charge on any atom is -0.453 e. The molecule has 1 aliphatic heterocycles. The van der Waals surface area contributed by atoms with Crippen molar-refractivity contribution in [1.82, 2.24) is 14.3 Å². The van der Waals surface area contributed by atoms with Gasteiger partial charge in [-0.05, 0) is 30.7 Å². The number of carbonyl (C=O) groups excluding carboxylic acids is 1. The number of ether oxygens (including phenoxy) is 1. The van der Waals surface area contributed by atoms with E-state index >= 15 is 0 Å². The normalized spacial score (nSPS) is 14.4. The fourth-order valence-electron chi connectivity index (χ4n) is 3.26. The number of methoxy groups -OCH3 is 1. The smallest absolute Gasteiger partial charge is 0.409 e. The van der Waals surface area contributed by atoms with Crippen LogP contribution in [0.5, 0.6) is 0 Å². The molecule has 0 bridgehead atoms. The van der Waals surface area contributed by atoms with E-state index in [0.717, 1.165) is 22.4 Å². The van der Waals surface area contributed by atoms with Gasteiger partial charge in [-0.15, -0.1) is 0 Å². The lowest BCUT2D eigenvalue weighted by atomic mass is 10.1. The largest absolute Gasteiger partial charge is 0.453 e. The van der Waals surface area contributed by atoms with Crippen molar-refractivity contribution in [3.63, 3.8) is 0 Å². The Kier molecular flexibility index (Phi) is 3.46. The number of imidazole rings is 1. The first-order chi connectivity index (χ1) is 12.1. The van der Waals surface area contributed by atoms with Gasteiger partial charge in [0.2, 0.25) is 0 Å². The first-order valence-corrected chi connectivity index (χ1v) is 8.02. The van der Waals surface area contributed by atoms with Crippen LogP contribution in [0.3, 0.4) is 0 Å². The van der Waals surface area contributed by atoms with Gasteiger partial charge in [-0.25, -0.2) is 9.78 Å². The number of amides is 1. The van der Waals surface area contributed by atoms with E-state index in [1.807, 2.05) is 41.7 Å². The lowest BCUT2D eigenvalue weighted by Gasteiger charge is -2.38. The summed E-state index contributed by atoms with van der Waals surface area (Å²) in [5.41, 5.74) is 3.89. The number of carbonyl (C=O) groups is 1. The number of hydrogen-bond acceptors (Lipinski definition) is 5. The fraction of sp³-hybridized carbons (Fsp3) is 0.278. The Hall–Kier alpha value is -3.27. The Balaban J connectivity index is 1.77. The number of rotatable bonds is 2. The van der Waals surface area contributed by atoms with Crippen LogP contribution in [-0.2, 0) is 4.74 Å². The Morgan fingerprint density at radius 3 is 2.88 bits per heavy atom. The van der Waals surface area contributed by atoms with E-state index in [-0.39, 0.29) is 12.1 Å². The van der Waals surface area contributed by atoms with Crippen LogP contribution < -0.4 is 5.32 Å². The van der Waals surface area contributed by atoms with Gasteiger partial charge in [0, 0.05) is 13.1 Å². The second-order valence-corrected chi connectivity index (χ2v) is 6.18. The highest BCUT2D eigenvalue weighted by Crippen LogP contribution is 2.27. The van der Waals surface area contributed by atoms with Crippen LogP contribution in [-0.4, -0.2) is 46.6 Å². The summed E-state index contributed by atoms with van der Waals surface area (Å²) in [7, 11) is 1.38. The fourth-order valence-corrected chi connectivity index (χ4v) is 3.26. The third kappa shape index (κ3) is 2.34. The number of pyridine rings is 1. The van der Waals surface area contributed by atoms with Crippen LogP contribution in [0.2, 0.25) is 0 Å². The number of nitriles is 1. The molecule has 1 N–H and O–H groups in total. The van der Waals surface area contributed by atoms with Gasteiger partial charge in [0.25, 0.3) is 0 Å². The molecule has 1 fully saturated rings. The van der Waals surface area contributed by atoms with E-state index < -0.39 is 0 Å². The molecule has 0 spiro atoms. The molecular formula is C18H17N5O2. The molecule has 2 aromatic heterocycles. The molecule has 0 radical (unpaired) electrons. The van der Waals surface area contributed by atoms with Crippen molar-refractivity contribution in [2.24, 2.45) is 0 Å². The van der Waals surface area contributed by atoms with Gasteiger partial charge < -0.3 is 15.0 Å². The number of fused-ring (bicyclic) bond motifs is 3. The summed E-state index contributed by atoms with van der Waals surface area (Å²) in [4.78, 5) is 17.8. The van der Waals surface area contributed by atoms with Crippen molar-refractivity contribution in [1.29, 1.82) is 5.26 Å². The van der Waals surface area contributed by atoms with Gasteiger partial charge in [-0.2, -0.15) is 5.26 Å². The first kappa shape index (κ1) is 15.3. The molecule has 7 heteroatoms. The van der Waals surface area contributed by atoms with Gasteiger partial charge in [-0.3, -0.25) is 4.40 Å². The number of nitrogens with zero attached hydrogens (tertiary/aromatic N) is 4. The summed E-state index contributed by atoms with van der Waals surface area (Å²) in [5, 5.41) is 13.0. The molecule has 0 aliphatic carbocycles. The number of benzene rings is 1. The molecule has 4 rings (SSSR count). The molecular weight excluding hydrogens is 318 g/mol. The van der Waals surface area contributed by atoms with Crippen LogP contribution in [0.15, 0.2) is 30.3 Å². The number of likely N-dealkylation sites (tertiary alicyclic amines) is 1. The van der Waals surface area contributed by atoms with Crippen molar-refractivity contribution >= 4 is 28.6 Å². The molecule has 1 aromatic carbocycles. The summed E-state index contributed by atoms with van der Waals surface area (Å²) in [5.74, 6) is 0.870. The van der Waals surface area contributed by atoms with E-state index in [2.05, 4.69) is 16.4 Å². The van der Waals surface area contributed by atoms with Crippen molar-refractivity contribution in [3.05, 3.63) is 41.5 Å². The average molecular weight is 335 g/mol. The zero-order valence-electron chi connectivity index (χ0n) is 14.0. The van der Waals surface area contributed by atoms with Crippen LogP contribution in [0.1, 0.15) is 11.1 Å². The molecule has 0 unspecified atom stereocenters. The topological polar surface area (TPSA) is 82.7 Å². The monoisotopic (exact) mass is 335 g/mol. The number of nitrogens with one attached hydrogen (secondary N) is 1. The van der Waals surface area contributed by atoms with E-state index in [1.54, 1.807) is 4.90 Å². The Bertz CT molecular complexity index is 1030. The lowest BCUT2D eigenvalue weighted by molar-refractivity contribution is 0.0929. The standard InChI is InChI=1S/C18H17N5O2/c1-11-7-16(20-12-9-22(10-12)18(24)25-2)23-15-6-4-3-5-14(15)21-17(23)13(11)8-19/h3-7,12,20H,9-10H2,1-2H3. The van der Waals surface area contributed by atoms with Gasteiger partial charge in [0.1, 0.15) is 11.9 Å². The number of aromatic nitrogens is 2. The third-order valence-corrected chi connectivity index (χ3v) is 4.55. The average Bonchev–Trinajstić information content (AvgIpc) is 2.96. The van der Waals surface area contributed by atoms with Crippen LogP contribution >= 0.6 is 0 Å². The summed E-state index contributed by atoms with van der Waals surface area (Å²) < 4.78 is 6.70. The highest BCUT2D eigenvalue weighted by molar-refractivity contribution is 5.85. The quantitative estimate of drug-likeness (QED) is 0.778. The van der Waals surface area contributed by atoms with E-state index in [0.29, 0.717) is 24.3 Å². The molecule has 0 saturated carbocycles. The minimum atomic E-state index is -0.313. The van der Waals surface area contributed by atoms with Crippen LogP contribution in [0.4, 0.5) is 10.6 Å². The predicted octanol–water partition coefficient (Wildman–Crippen LogP) is 2.53. The molecule has 0 atom stereocenters. The highest BCUT2D eigenvalue weighted by Gasteiger charge is 2.32. The lowest BCUT2D eigenvalue weighted by Crippen LogP contribution is -2.57. The maximum absolute atomic E-state index is 11.5. The molecule has 1 saturated heterocycles. The van der Waals surface area contributed by atoms with Gasteiger partial charge in [-0.1, -0.05) is 12.1 Å². The minimum absolute atomic E-state index is 0.135. The molecule has 25 heavy (non-hydrogen) atoms. The maximum Gasteiger partial charge on any atom is 0.409 e. The first-order valence-electron chi connectivity index (χ1n) is 8.02. The van der Waals surface area contributed by atoms with Crippen molar-refractivity contribution < 1.29 is 9.53 Å². The van der Waals surface area contributed by atoms with Gasteiger partial charge in [0.15, 0.2) is 5.65 Å². The van der Waals surface area contributed by atoms with Gasteiger partial charge >= 0.3 is 6.09 Å². The zero-order chi connectivity index (χ0) is 17.6. The summed E-state index contributed by atoms with van der Waals surface area (Å²) >= 11 is 0. The zero-order valence-corrected chi connectivity index (χ0v) is 14.0. The van der Waals surface area contributed by atoms with Gasteiger partial charge in [0.05, 0.1) is 29.7 Å². The van der Waals surface area contributed by atoms with Crippen molar-refractivity contribution in [2.75, 3.05) is 25.5 Å². The number of hydrogen-bond donors (Lipinski definition) is 1. The van der Waals surface area contributed by atoms with E-state index in [9.17, 15) is 10.1 Å². The van der Waals surface area contributed by atoms with Crippen molar-refractivity contribution in [3.8, 4) is 6.07 Å². The van der Waals surface area contributed by atoms with Crippen molar-refractivity contribution in [2.45, 2.75) is 13.0 Å². The molecule has 1 amide bonds. The second-order valence-electron chi connectivity index (χ2n) is 6.18. The Morgan fingerprint density at radius 2 is 2.16 bits per heavy atom. The Morgan fingerprint density at radius 1 is 1.40 bits per heavy atom. The number of para-hydroxylation sites is 2. The highest BCUT2D eigenvalue weighted by atomic mass is 16.5. The second kappa shape index (κ2) is 5.67. The summed E-state index contributed by atoms with van der Waals surface area (Å²) in [6, 6.07) is 12.2. The molecule has 7 nitrogen and oxygen atoms in total. The maximum atomic E-state index is 11.5. The third-order valence-electron chi connectivity index (χ3n) is 4.55. The SMILES string of the molecule is COC(=O)N1CC(Nc2cc(C)c(C#N)c3nc4ccccc4n23)C1. The summed E-state index contributed by atoms with van der Waals surface area (Å²) in [6.45, 7) is 3.07. The van der Waals surface area contributed by atoms with E-state index in [1.165, 1.54) is 7.11 Å². The predicted molar refractivity (Wildman–Crippen MR) is 93.5 cm³/mol. The molecule has 3 aromatic rings. The molecule has 3 heterocycles. The molecule has 126 valence electrons. The summed E-state index contributed by atoms with van der Waals surface area (Å²) in [6.07, 6.45) is -0.313. The van der Waals surface area contributed by atoms with E-state index in [4.69, 9.17) is 4.74 Å². The van der Waals surface area contributed by atoms with Crippen LogP contribution in [0, 0.1) is 18.3 Å². The molecule has 1 aliphatic rings. The Labute approximate surface area is 144 Å². The van der Waals surface area contributed by atoms with Crippen LogP contribution in [0.25, 0.3) is 16.7 Å².